The van der Waals surface area contributed by atoms with Crippen molar-refractivity contribution in [2.45, 2.75) is 53.5 Å². The number of aromatic nitrogens is 3. The Labute approximate surface area is 97.1 Å². The average Bonchev–Trinajstić information content (AvgIpc) is 2.65. The van der Waals surface area contributed by atoms with E-state index < -0.39 is 0 Å². The van der Waals surface area contributed by atoms with Crippen LogP contribution in [0.1, 0.15) is 52.9 Å². The Morgan fingerprint density at radius 1 is 1.50 bits per heavy atom. The summed E-state index contributed by atoms with van der Waals surface area (Å²) in [5.41, 5.74) is -0.270. The van der Waals surface area contributed by atoms with Crippen LogP contribution in [0.5, 0.6) is 0 Å². The van der Waals surface area contributed by atoms with Gasteiger partial charge in [-0.1, -0.05) is 20.8 Å². The lowest BCUT2D eigenvalue weighted by Gasteiger charge is -2.20. The average molecular weight is 223 g/mol. The molecule has 0 aromatic carbocycles. The number of hydrogen-bond acceptors (Lipinski definition) is 3. The zero-order chi connectivity index (χ0) is 12.3. The van der Waals surface area contributed by atoms with Crippen LogP contribution in [-0.4, -0.2) is 20.5 Å². The minimum absolute atomic E-state index is 0.227. The van der Waals surface area contributed by atoms with Gasteiger partial charge in [0.2, 0.25) is 0 Å². The first-order valence-electron chi connectivity index (χ1n) is 5.80. The van der Waals surface area contributed by atoms with Gasteiger partial charge in [0, 0.05) is 11.5 Å². The van der Waals surface area contributed by atoms with Gasteiger partial charge < -0.3 is 0 Å². The van der Waals surface area contributed by atoms with Crippen molar-refractivity contribution in [3.05, 3.63) is 12.2 Å². The first-order valence-corrected chi connectivity index (χ1v) is 5.80. The molecule has 0 saturated carbocycles. The van der Waals surface area contributed by atoms with E-state index >= 15 is 0 Å². The van der Waals surface area contributed by atoms with E-state index in [1.807, 2.05) is 39.3 Å². The predicted octanol–water partition coefficient (Wildman–Crippen LogP) is 2.41. The molecule has 0 unspecified atom stereocenters. The van der Waals surface area contributed by atoms with Crippen LogP contribution in [0.4, 0.5) is 0 Å². The van der Waals surface area contributed by atoms with Crippen molar-refractivity contribution in [1.82, 2.24) is 14.8 Å². The summed E-state index contributed by atoms with van der Waals surface area (Å²) in [6, 6.07) is 0.245. The molecular weight excluding hydrogens is 202 g/mol. The van der Waals surface area contributed by atoms with Crippen LogP contribution in [0.15, 0.2) is 6.33 Å². The molecule has 1 aromatic heterocycles. The van der Waals surface area contributed by atoms with Gasteiger partial charge in [-0.15, -0.1) is 0 Å². The molecule has 1 rings (SSSR count). The van der Waals surface area contributed by atoms with E-state index in [1.54, 1.807) is 0 Å². The van der Waals surface area contributed by atoms with E-state index in [-0.39, 0.29) is 17.2 Å². The third-order valence-electron chi connectivity index (χ3n) is 3.09. The van der Waals surface area contributed by atoms with Crippen LogP contribution < -0.4 is 0 Å². The Morgan fingerprint density at radius 3 is 2.62 bits per heavy atom. The largest absolute Gasteiger partial charge is 0.299 e. The number of ketones is 1. The zero-order valence-corrected chi connectivity index (χ0v) is 10.8. The van der Waals surface area contributed by atoms with Crippen molar-refractivity contribution in [3.63, 3.8) is 0 Å². The van der Waals surface area contributed by atoms with Gasteiger partial charge in [0.05, 0.1) is 6.42 Å². The van der Waals surface area contributed by atoms with Gasteiger partial charge in [-0.05, 0) is 20.3 Å². The molecule has 0 spiro atoms. The fourth-order valence-corrected chi connectivity index (χ4v) is 1.41. The Balaban J connectivity index is 2.81. The Bertz CT molecular complexity index is 366. The Morgan fingerprint density at radius 2 is 2.12 bits per heavy atom. The van der Waals surface area contributed by atoms with Crippen molar-refractivity contribution < 1.29 is 4.79 Å². The van der Waals surface area contributed by atoms with Gasteiger partial charge in [0.25, 0.3) is 0 Å². The minimum Gasteiger partial charge on any atom is -0.299 e. The highest BCUT2D eigenvalue weighted by Gasteiger charge is 2.26. The summed E-state index contributed by atoms with van der Waals surface area (Å²) >= 11 is 0. The van der Waals surface area contributed by atoms with E-state index in [2.05, 4.69) is 10.1 Å². The van der Waals surface area contributed by atoms with Crippen molar-refractivity contribution >= 4 is 5.78 Å². The summed E-state index contributed by atoms with van der Waals surface area (Å²) in [7, 11) is 0. The summed E-state index contributed by atoms with van der Waals surface area (Å²) in [4.78, 5) is 16.2. The Hall–Kier alpha value is -1.19. The molecule has 0 radical (unpaired) electrons. The molecule has 0 aliphatic rings. The summed E-state index contributed by atoms with van der Waals surface area (Å²) in [5, 5.41) is 4.13. The number of nitrogens with zero attached hydrogens (tertiary/aromatic N) is 3. The van der Waals surface area contributed by atoms with E-state index in [1.165, 1.54) is 6.33 Å². The van der Waals surface area contributed by atoms with Gasteiger partial charge in [0.1, 0.15) is 17.9 Å². The molecule has 0 bridgehead atoms. The first-order chi connectivity index (χ1) is 7.38. The second-order valence-corrected chi connectivity index (χ2v) is 5.05. The van der Waals surface area contributed by atoms with E-state index in [9.17, 15) is 4.79 Å². The monoisotopic (exact) mass is 223 g/mol. The highest BCUT2D eigenvalue weighted by atomic mass is 16.1. The molecule has 0 aliphatic carbocycles. The van der Waals surface area contributed by atoms with Crippen LogP contribution in [-0.2, 0) is 11.2 Å². The molecule has 16 heavy (non-hydrogen) atoms. The molecule has 0 atom stereocenters. The van der Waals surface area contributed by atoms with Crippen LogP contribution in [0.3, 0.4) is 0 Å². The second kappa shape index (κ2) is 4.76. The number of carbonyl (C=O) groups is 1. The Kier molecular flexibility index (Phi) is 3.83. The van der Waals surface area contributed by atoms with Gasteiger partial charge in [-0.3, -0.25) is 4.79 Å². The fourth-order valence-electron chi connectivity index (χ4n) is 1.41. The highest BCUT2D eigenvalue weighted by Crippen LogP contribution is 2.23. The minimum atomic E-state index is -0.270. The quantitative estimate of drug-likeness (QED) is 0.770. The van der Waals surface area contributed by atoms with Crippen molar-refractivity contribution in [2.24, 2.45) is 5.41 Å². The summed E-state index contributed by atoms with van der Waals surface area (Å²) in [6.07, 6.45) is 2.74. The van der Waals surface area contributed by atoms with E-state index in [4.69, 9.17) is 0 Å². The van der Waals surface area contributed by atoms with Gasteiger partial charge in [0.15, 0.2) is 0 Å². The smallest absolute Gasteiger partial charge is 0.146 e. The zero-order valence-electron chi connectivity index (χ0n) is 10.8. The van der Waals surface area contributed by atoms with Crippen molar-refractivity contribution in [1.29, 1.82) is 0 Å². The molecule has 0 amide bonds. The number of Topliss-reactive ketones (excluding diaryl/α,β-unsaturated/α-hetero) is 1. The maximum Gasteiger partial charge on any atom is 0.146 e. The third-order valence-corrected chi connectivity index (χ3v) is 3.09. The molecule has 1 aromatic rings. The van der Waals surface area contributed by atoms with Crippen LogP contribution in [0.25, 0.3) is 0 Å². The molecule has 0 fully saturated rings. The maximum atomic E-state index is 12.1. The summed E-state index contributed by atoms with van der Waals surface area (Å²) in [6.45, 7) is 10.1. The first kappa shape index (κ1) is 12.9. The van der Waals surface area contributed by atoms with E-state index in [0.717, 1.165) is 12.2 Å². The lowest BCUT2D eigenvalue weighted by molar-refractivity contribution is -0.126. The van der Waals surface area contributed by atoms with Crippen LogP contribution in [0.2, 0.25) is 0 Å². The maximum absolute atomic E-state index is 12.1. The molecule has 90 valence electrons. The lowest BCUT2D eigenvalue weighted by Crippen LogP contribution is -2.26. The lowest BCUT2D eigenvalue weighted by atomic mass is 9.84. The van der Waals surface area contributed by atoms with Crippen molar-refractivity contribution in [2.75, 3.05) is 0 Å². The van der Waals surface area contributed by atoms with Crippen molar-refractivity contribution in [3.8, 4) is 0 Å². The molecule has 1 heterocycles. The topological polar surface area (TPSA) is 47.8 Å². The molecule has 0 saturated heterocycles. The molecule has 0 aliphatic heterocycles. The number of rotatable bonds is 5. The molecule has 4 heteroatoms. The predicted molar refractivity (Wildman–Crippen MR) is 63.2 cm³/mol. The van der Waals surface area contributed by atoms with E-state index in [0.29, 0.717) is 6.42 Å². The normalized spacial score (nSPS) is 12.1. The standard InChI is InChI=1S/C12H21N3O/c1-6-12(4,5)10(16)7-11-13-8-14-15(11)9(2)3/h8-9H,6-7H2,1-5H3. The summed E-state index contributed by atoms with van der Waals surface area (Å²) < 4.78 is 1.81. The van der Waals surface area contributed by atoms with Crippen LogP contribution in [0, 0.1) is 5.41 Å². The van der Waals surface area contributed by atoms with Gasteiger partial charge >= 0.3 is 0 Å². The number of carbonyl (C=O) groups excluding carboxylic acids is 1. The SMILES string of the molecule is CCC(C)(C)C(=O)Cc1ncnn1C(C)C. The summed E-state index contributed by atoms with van der Waals surface area (Å²) in [5.74, 6) is 0.992. The fraction of sp³-hybridized carbons (Fsp3) is 0.750. The van der Waals surface area contributed by atoms with Gasteiger partial charge in [-0.2, -0.15) is 5.10 Å². The number of hydrogen-bond donors (Lipinski definition) is 0. The third kappa shape index (κ3) is 2.68. The molecule has 4 nitrogen and oxygen atoms in total. The highest BCUT2D eigenvalue weighted by molar-refractivity contribution is 5.85. The molecular formula is C12H21N3O. The van der Waals surface area contributed by atoms with Crippen LogP contribution >= 0.6 is 0 Å². The second-order valence-electron chi connectivity index (χ2n) is 5.05. The molecule has 0 N–H and O–H groups in total. The van der Waals surface area contributed by atoms with Gasteiger partial charge in [-0.25, -0.2) is 9.67 Å².